The molecular weight excluding hydrogens is 134 g/mol. The van der Waals surface area contributed by atoms with Crippen LogP contribution in [0.2, 0.25) is 0 Å². The van der Waals surface area contributed by atoms with Gasteiger partial charge in [0.15, 0.2) is 0 Å². The Bertz CT molecular complexity index is 208. The first-order valence-electron chi connectivity index (χ1n) is 4.53. The molecule has 2 nitrogen and oxygen atoms in total. The molecule has 0 aromatic rings. The van der Waals surface area contributed by atoms with E-state index in [1.165, 1.54) is 0 Å². The van der Waals surface area contributed by atoms with E-state index in [1.54, 1.807) is 20.8 Å². The summed E-state index contributed by atoms with van der Waals surface area (Å²) in [6, 6.07) is 0. The fraction of sp³-hybridized carbons (Fsp3) is 0.833. The third kappa shape index (κ3) is 3.54. The molecule has 0 spiro atoms. The van der Waals surface area contributed by atoms with Crippen LogP contribution in [0.5, 0.6) is 0 Å². The van der Waals surface area contributed by atoms with Gasteiger partial charge in [-0.3, -0.25) is 0 Å². The van der Waals surface area contributed by atoms with Gasteiger partial charge in [0.2, 0.25) is 0 Å². The molecule has 0 rings (SSSR count). The first kappa shape index (κ1) is 3.98. The van der Waals surface area contributed by atoms with E-state index < -0.39 is 29.2 Å². The lowest BCUT2D eigenvalue weighted by molar-refractivity contribution is 0.562. The molecule has 0 fully saturated rings. The second-order valence-corrected chi connectivity index (χ2v) is 4.47. The lowest BCUT2D eigenvalue weighted by Gasteiger charge is -2.17. The third-order valence-corrected chi connectivity index (χ3v) is 1.96. The standard InChI is InChI=1S/C6H13NOS/c1-5-7-9(8)6(2,3)4/h5H,1-4H3/i1D3,5D. The molecule has 0 bridgehead atoms. The van der Waals surface area contributed by atoms with Crippen LogP contribution in [-0.2, 0) is 11.4 Å². The molecule has 0 N–H and O–H groups in total. The summed E-state index contributed by atoms with van der Waals surface area (Å²) in [4.78, 5) is 0. The van der Waals surface area contributed by atoms with E-state index in [0.29, 0.717) is 0 Å². The van der Waals surface area contributed by atoms with Crippen LogP contribution in [0.15, 0.2) is 4.40 Å². The molecule has 0 saturated carbocycles. The SMILES string of the molecule is [2H]C(=N[S+]([O-])C(C)(C)C)C([2H])([2H])[2H]. The fourth-order valence-electron chi connectivity index (χ4n) is 0.178. The van der Waals surface area contributed by atoms with E-state index in [1.807, 2.05) is 0 Å². The van der Waals surface area contributed by atoms with Gasteiger partial charge in [-0.05, 0) is 27.6 Å². The average Bonchev–Trinajstić information content (AvgIpc) is 1.82. The van der Waals surface area contributed by atoms with Crippen LogP contribution in [0.3, 0.4) is 0 Å². The zero-order valence-electron chi connectivity index (χ0n) is 9.76. The van der Waals surface area contributed by atoms with E-state index in [0.717, 1.165) is 0 Å². The molecule has 54 valence electrons. The molecule has 0 aliphatic rings. The minimum Gasteiger partial charge on any atom is -0.591 e. The van der Waals surface area contributed by atoms with Crippen molar-refractivity contribution < 1.29 is 10.0 Å². The summed E-state index contributed by atoms with van der Waals surface area (Å²) < 4.78 is 41.4. The fourth-order valence-corrected chi connectivity index (χ4v) is 0.535. The lowest BCUT2D eigenvalue weighted by atomic mass is 10.3. The Labute approximate surface area is 65.3 Å². The van der Waals surface area contributed by atoms with Crippen LogP contribution in [0, 0.1) is 0 Å². The van der Waals surface area contributed by atoms with Gasteiger partial charge in [0.1, 0.15) is 16.1 Å². The number of hydrogen-bond acceptors (Lipinski definition) is 2. The Morgan fingerprint density at radius 1 is 1.78 bits per heavy atom. The van der Waals surface area contributed by atoms with Gasteiger partial charge in [-0.2, -0.15) is 0 Å². The summed E-state index contributed by atoms with van der Waals surface area (Å²) in [5, 5.41) is 0. The maximum atomic E-state index is 11.3. The molecule has 0 aliphatic carbocycles. The Hall–Kier alpha value is -0.0200. The zero-order valence-corrected chi connectivity index (χ0v) is 6.58. The Morgan fingerprint density at radius 3 is 2.67 bits per heavy atom. The van der Waals surface area contributed by atoms with E-state index in [-0.39, 0.29) is 0 Å². The molecule has 0 aromatic heterocycles. The molecule has 9 heavy (non-hydrogen) atoms. The van der Waals surface area contributed by atoms with E-state index in [9.17, 15) is 4.55 Å². The van der Waals surface area contributed by atoms with Crippen molar-refractivity contribution in [1.82, 2.24) is 0 Å². The molecule has 0 amide bonds. The largest absolute Gasteiger partial charge is 0.591 e. The highest BCUT2D eigenvalue weighted by molar-refractivity contribution is 7.91. The normalized spacial score (nSPS) is 25.6. The first-order valence-corrected chi connectivity index (χ1v) is 3.63. The lowest BCUT2D eigenvalue weighted by Crippen LogP contribution is -2.25. The predicted molar refractivity (Wildman–Crippen MR) is 42.1 cm³/mol. The molecular formula is C6H13NOS. The summed E-state index contributed by atoms with van der Waals surface area (Å²) in [6.45, 7) is 2.43. The molecule has 0 heterocycles. The van der Waals surface area contributed by atoms with Crippen molar-refractivity contribution in [3.05, 3.63) is 0 Å². The van der Waals surface area contributed by atoms with Crippen molar-refractivity contribution in [3.63, 3.8) is 0 Å². The zero-order chi connectivity index (χ0) is 10.9. The summed E-state index contributed by atoms with van der Waals surface area (Å²) in [5.41, 5.74) is 0. The topological polar surface area (TPSA) is 35.4 Å². The van der Waals surface area contributed by atoms with Crippen molar-refractivity contribution in [2.45, 2.75) is 32.4 Å². The highest BCUT2D eigenvalue weighted by atomic mass is 32.2. The minimum absolute atomic E-state index is 0.627. The van der Waals surface area contributed by atoms with Gasteiger partial charge in [0.05, 0.1) is 7.56 Å². The van der Waals surface area contributed by atoms with Gasteiger partial charge in [-0.25, -0.2) is 0 Å². The smallest absolute Gasteiger partial charge is 0.144 e. The number of nitrogens with zero attached hydrogens (tertiary/aromatic N) is 1. The second kappa shape index (κ2) is 3.22. The monoisotopic (exact) mass is 151 g/mol. The van der Waals surface area contributed by atoms with Gasteiger partial charge < -0.3 is 4.55 Å². The van der Waals surface area contributed by atoms with Crippen molar-refractivity contribution in [3.8, 4) is 0 Å². The van der Waals surface area contributed by atoms with E-state index in [4.69, 9.17) is 5.48 Å². The van der Waals surface area contributed by atoms with Crippen LogP contribution in [-0.4, -0.2) is 15.5 Å². The van der Waals surface area contributed by atoms with Crippen molar-refractivity contribution in [2.24, 2.45) is 4.40 Å². The Balaban J connectivity index is 4.59. The summed E-state index contributed by atoms with van der Waals surface area (Å²) in [7, 11) is 0. The molecule has 0 saturated heterocycles. The maximum Gasteiger partial charge on any atom is 0.144 e. The van der Waals surface area contributed by atoms with Gasteiger partial charge in [0.25, 0.3) is 0 Å². The molecule has 0 aromatic carbocycles. The highest BCUT2D eigenvalue weighted by Crippen LogP contribution is 2.15. The maximum absolute atomic E-state index is 11.3. The van der Waals surface area contributed by atoms with Crippen LogP contribution in [0.4, 0.5) is 0 Å². The van der Waals surface area contributed by atoms with Crippen LogP contribution in [0.25, 0.3) is 0 Å². The molecule has 0 aliphatic heterocycles. The predicted octanol–water partition coefficient (Wildman–Crippen LogP) is 1.54. The molecule has 0 radical (unpaired) electrons. The summed E-state index contributed by atoms with van der Waals surface area (Å²) >= 11 is -1.67. The van der Waals surface area contributed by atoms with E-state index in [2.05, 4.69) is 4.40 Å². The Morgan fingerprint density at radius 2 is 2.33 bits per heavy atom. The van der Waals surface area contributed by atoms with Crippen molar-refractivity contribution in [1.29, 1.82) is 0 Å². The van der Waals surface area contributed by atoms with Crippen molar-refractivity contribution >= 4 is 17.6 Å². The molecule has 3 heteroatoms. The van der Waals surface area contributed by atoms with Crippen LogP contribution in [0.1, 0.15) is 33.1 Å². The van der Waals surface area contributed by atoms with Crippen LogP contribution < -0.4 is 0 Å². The third-order valence-electron chi connectivity index (χ3n) is 0.652. The second-order valence-electron chi connectivity index (χ2n) is 2.56. The molecule has 1 unspecified atom stereocenters. The van der Waals surface area contributed by atoms with E-state index >= 15 is 0 Å². The number of rotatable bonds is 1. The van der Waals surface area contributed by atoms with Gasteiger partial charge in [0, 0.05) is 4.11 Å². The van der Waals surface area contributed by atoms with Gasteiger partial charge in [-0.1, -0.05) is 4.40 Å². The quantitative estimate of drug-likeness (QED) is 0.413. The van der Waals surface area contributed by atoms with Gasteiger partial charge >= 0.3 is 0 Å². The molecule has 1 atom stereocenters. The Kier molecular flexibility index (Phi) is 1.43. The first-order chi connectivity index (χ1) is 5.55. The van der Waals surface area contributed by atoms with Gasteiger partial charge in [-0.15, -0.1) is 0 Å². The summed E-state index contributed by atoms with van der Waals surface area (Å²) in [6.07, 6.45) is -0.805. The summed E-state index contributed by atoms with van der Waals surface area (Å²) in [5.74, 6) is 0. The van der Waals surface area contributed by atoms with Crippen LogP contribution >= 0.6 is 0 Å². The highest BCUT2D eigenvalue weighted by Gasteiger charge is 2.25. The number of hydrogen-bond donors (Lipinski definition) is 0. The minimum atomic E-state index is -2.57. The average molecular weight is 151 g/mol. The van der Waals surface area contributed by atoms with Crippen molar-refractivity contribution in [2.75, 3.05) is 0 Å².